The third-order valence-corrected chi connectivity index (χ3v) is 0. The Labute approximate surface area is 66.3 Å². The number of nitrogens with zero attached hydrogens (tertiary/aromatic N) is 1. The second kappa shape index (κ2) is 9.10. The fourth-order valence-corrected chi connectivity index (χ4v) is 0. The van der Waals surface area contributed by atoms with Gasteiger partial charge in [0.1, 0.15) is 0 Å². The standard InChI is InChI=1S/NO3.Nd.H2O/c2-1(3)4;;/h;;1H2/q-1;;. The molecule has 0 bridgehead atoms. The molecular formula is H2NNdO4-. The van der Waals surface area contributed by atoms with Crippen LogP contribution < -0.4 is 0 Å². The summed E-state index contributed by atoms with van der Waals surface area (Å²) in [5, 5.41) is 14.8. The van der Waals surface area contributed by atoms with Crippen LogP contribution in [0.25, 0.3) is 0 Å². The van der Waals surface area contributed by atoms with Gasteiger partial charge < -0.3 is 20.8 Å². The minimum atomic E-state index is -1.75. The molecule has 0 aliphatic heterocycles. The van der Waals surface area contributed by atoms with Crippen LogP contribution in [0.3, 0.4) is 0 Å². The van der Waals surface area contributed by atoms with Gasteiger partial charge in [0.05, 0.1) is 5.09 Å². The van der Waals surface area contributed by atoms with E-state index in [1.54, 1.807) is 0 Å². The molecule has 0 atom stereocenters. The minimum absolute atomic E-state index is 0. The summed E-state index contributed by atoms with van der Waals surface area (Å²) in [6.45, 7) is 0. The molecule has 0 aliphatic carbocycles. The molecule has 6 heteroatoms. The van der Waals surface area contributed by atoms with E-state index in [9.17, 15) is 0 Å². The summed E-state index contributed by atoms with van der Waals surface area (Å²) in [5.74, 6) is 0. The van der Waals surface area contributed by atoms with E-state index in [4.69, 9.17) is 15.3 Å². The van der Waals surface area contributed by atoms with Crippen molar-refractivity contribution in [3.8, 4) is 0 Å². The first-order valence-corrected chi connectivity index (χ1v) is 0.548. The van der Waals surface area contributed by atoms with Crippen molar-refractivity contribution in [3.05, 3.63) is 15.3 Å². The smallest absolute Gasteiger partial charge is 0.0689 e. The van der Waals surface area contributed by atoms with Gasteiger partial charge in [-0.3, -0.25) is 0 Å². The van der Waals surface area contributed by atoms with Crippen LogP contribution in [-0.2, 0) is 0 Å². The van der Waals surface area contributed by atoms with Crippen LogP contribution in [0, 0.1) is 56.2 Å². The Bertz CT molecular complexity index is 30.5. The van der Waals surface area contributed by atoms with Gasteiger partial charge in [-0.05, 0) is 0 Å². The Hall–Kier alpha value is 0.511. The summed E-state index contributed by atoms with van der Waals surface area (Å²) in [6, 6.07) is 0. The van der Waals surface area contributed by atoms with E-state index in [2.05, 4.69) is 0 Å². The molecule has 0 aromatic carbocycles. The van der Waals surface area contributed by atoms with Crippen LogP contribution in [0.15, 0.2) is 0 Å². The molecule has 2 N–H and O–H groups in total. The molecule has 0 unspecified atom stereocenters. The monoisotopic (exact) mass is 222 g/mol. The largest absolute Gasteiger partial charge is 0.412 e. The molecule has 0 spiro atoms. The molecule has 6 heavy (non-hydrogen) atoms. The average molecular weight is 224 g/mol. The molecule has 0 fully saturated rings. The Morgan fingerprint density at radius 1 is 1.33 bits per heavy atom. The first-order chi connectivity index (χ1) is 1.73. The number of rotatable bonds is 0. The first kappa shape index (κ1) is 16.0. The summed E-state index contributed by atoms with van der Waals surface area (Å²) < 4.78 is 0. The Kier molecular flexibility index (Phi) is 24.3. The van der Waals surface area contributed by atoms with Gasteiger partial charge >= 0.3 is 0 Å². The maximum atomic E-state index is 8.25. The fraction of sp³-hybridized carbons (Fsp3) is 0. The van der Waals surface area contributed by atoms with Crippen LogP contribution >= 0.6 is 0 Å². The van der Waals surface area contributed by atoms with Gasteiger partial charge in [0.2, 0.25) is 0 Å². The SMILES string of the molecule is O.O=[N+]([O-])[O-].[Nd]. The van der Waals surface area contributed by atoms with E-state index in [0.29, 0.717) is 0 Å². The van der Waals surface area contributed by atoms with Crippen LogP contribution in [0.1, 0.15) is 0 Å². The molecule has 0 aromatic rings. The fourth-order valence-electron chi connectivity index (χ4n) is 0. The van der Waals surface area contributed by atoms with E-state index in [-0.39, 0.29) is 46.3 Å². The molecule has 0 amide bonds. The summed E-state index contributed by atoms with van der Waals surface area (Å²) in [4.78, 5) is 8.25. The first-order valence-electron chi connectivity index (χ1n) is 0.548. The van der Waals surface area contributed by atoms with Crippen LogP contribution in [0.2, 0.25) is 0 Å². The third kappa shape index (κ3) is 213. The van der Waals surface area contributed by atoms with Crippen molar-refractivity contribution in [2.45, 2.75) is 0 Å². The van der Waals surface area contributed by atoms with Gasteiger partial charge in [-0.25, -0.2) is 0 Å². The van der Waals surface area contributed by atoms with Gasteiger partial charge in [0.15, 0.2) is 0 Å². The molecule has 0 heterocycles. The molecule has 0 aliphatic rings. The van der Waals surface area contributed by atoms with E-state index in [0.717, 1.165) is 0 Å². The van der Waals surface area contributed by atoms with E-state index in [1.807, 2.05) is 0 Å². The maximum absolute atomic E-state index is 8.25. The van der Waals surface area contributed by atoms with Crippen molar-refractivity contribution in [1.82, 2.24) is 0 Å². The number of hydrogen-bond acceptors (Lipinski definition) is 3. The third-order valence-electron chi connectivity index (χ3n) is 0. The maximum Gasteiger partial charge on any atom is 0.0689 e. The summed E-state index contributed by atoms with van der Waals surface area (Å²) in [7, 11) is 0. The predicted molar refractivity (Wildman–Crippen MR) is 14.0 cm³/mol. The number of hydrogen-bond donors (Lipinski definition) is 0. The Morgan fingerprint density at radius 3 is 1.33 bits per heavy atom. The second-order valence-electron chi connectivity index (χ2n) is 0.224. The Morgan fingerprint density at radius 2 is 1.33 bits per heavy atom. The van der Waals surface area contributed by atoms with E-state index < -0.39 is 5.09 Å². The molecular weight excluding hydrogens is 222 g/mol. The molecule has 5 nitrogen and oxygen atoms in total. The zero-order valence-corrected chi connectivity index (χ0v) is 5.88. The van der Waals surface area contributed by atoms with Crippen molar-refractivity contribution in [2.24, 2.45) is 0 Å². The topological polar surface area (TPSA) is 97.7 Å². The molecule has 0 aromatic heterocycles. The normalized spacial score (nSPS) is 4.00. The van der Waals surface area contributed by atoms with Crippen molar-refractivity contribution in [1.29, 1.82) is 0 Å². The molecule has 0 radical (unpaired) electrons. The molecule has 0 rings (SSSR count). The van der Waals surface area contributed by atoms with E-state index >= 15 is 0 Å². The average Bonchev–Trinajstić information content (AvgIpc) is 0.811. The van der Waals surface area contributed by atoms with Crippen molar-refractivity contribution < 1.29 is 51.4 Å². The zero-order valence-electron chi connectivity index (χ0n) is 2.67. The quantitative estimate of drug-likeness (QED) is 0.387. The van der Waals surface area contributed by atoms with Gasteiger partial charge in [-0.2, -0.15) is 0 Å². The molecule has 0 saturated heterocycles. The summed E-state index contributed by atoms with van der Waals surface area (Å²) in [6.07, 6.45) is 0. The van der Waals surface area contributed by atoms with Crippen LogP contribution in [-0.4, -0.2) is 10.6 Å². The summed E-state index contributed by atoms with van der Waals surface area (Å²) in [5.41, 5.74) is 0. The predicted octanol–water partition coefficient (Wildman–Crippen LogP) is -1.06. The van der Waals surface area contributed by atoms with E-state index in [1.165, 1.54) is 0 Å². The summed E-state index contributed by atoms with van der Waals surface area (Å²) >= 11 is 0. The Balaban J connectivity index is -0.0000000450. The van der Waals surface area contributed by atoms with Crippen molar-refractivity contribution in [3.63, 3.8) is 0 Å². The van der Waals surface area contributed by atoms with Crippen molar-refractivity contribution >= 4 is 0 Å². The van der Waals surface area contributed by atoms with Crippen molar-refractivity contribution in [2.75, 3.05) is 0 Å². The van der Waals surface area contributed by atoms with Gasteiger partial charge in [0, 0.05) is 40.8 Å². The van der Waals surface area contributed by atoms with Gasteiger partial charge in [0.25, 0.3) is 0 Å². The molecule has 36 valence electrons. The molecule has 0 saturated carbocycles. The second-order valence-corrected chi connectivity index (χ2v) is 0.224. The minimum Gasteiger partial charge on any atom is -0.412 e. The van der Waals surface area contributed by atoms with Gasteiger partial charge in [-0.1, -0.05) is 0 Å². The van der Waals surface area contributed by atoms with Gasteiger partial charge in [-0.15, -0.1) is 0 Å². The van der Waals surface area contributed by atoms with Crippen LogP contribution in [0.5, 0.6) is 0 Å². The van der Waals surface area contributed by atoms with Crippen LogP contribution in [0.4, 0.5) is 0 Å². The zero-order chi connectivity index (χ0) is 3.58.